The molecular formula is C10H13ClN2O4. The van der Waals surface area contributed by atoms with Gasteiger partial charge in [0.25, 0.3) is 5.91 Å². The first-order valence-electron chi connectivity index (χ1n) is 5.21. The molecule has 94 valence electrons. The number of halogens is 1. The Labute approximate surface area is 103 Å². The number of furan rings is 1. The van der Waals surface area contributed by atoms with Gasteiger partial charge in [0, 0.05) is 6.54 Å². The number of hydrogen-bond acceptors (Lipinski definition) is 4. The van der Waals surface area contributed by atoms with Crippen molar-refractivity contribution in [1.29, 1.82) is 0 Å². The number of carbonyl (C=O) groups is 1. The third-order valence-electron chi connectivity index (χ3n) is 2.08. The number of hydrogen-bond donors (Lipinski definition) is 1. The largest absolute Gasteiger partial charge is 0.433 e. The fourth-order valence-electron chi connectivity index (χ4n) is 1.25. The molecule has 1 atom stereocenters. The molecule has 1 aromatic rings. The topological polar surface area (TPSA) is 85.4 Å². The van der Waals surface area contributed by atoms with Gasteiger partial charge in [-0.3, -0.25) is 14.9 Å². The summed E-state index contributed by atoms with van der Waals surface area (Å²) in [6.45, 7) is 2.30. The highest BCUT2D eigenvalue weighted by molar-refractivity contribution is 6.20. The van der Waals surface area contributed by atoms with Crippen LogP contribution in [0.1, 0.15) is 30.3 Å². The molecular weight excluding hydrogens is 248 g/mol. The normalized spacial score (nSPS) is 12.1. The minimum Gasteiger partial charge on any atom is -0.395 e. The van der Waals surface area contributed by atoms with E-state index in [9.17, 15) is 14.9 Å². The number of nitrogens with one attached hydrogen (secondary N) is 1. The predicted molar refractivity (Wildman–Crippen MR) is 62.2 cm³/mol. The van der Waals surface area contributed by atoms with Crippen LogP contribution in [0.2, 0.25) is 0 Å². The molecule has 1 rings (SSSR count). The molecule has 0 aliphatic rings. The maximum Gasteiger partial charge on any atom is 0.433 e. The summed E-state index contributed by atoms with van der Waals surface area (Å²) >= 11 is 5.91. The Bertz CT molecular complexity index is 405. The number of amides is 1. The molecule has 1 unspecified atom stereocenters. The Morgan fingerprint density at radius 3 is 2.88 bits per heavy atom. The van der Waals surface area contributed by atoms with Crippen molar-refractivity contribution in [2.45, 2.75) is 25.1 Å². The molecule has 0 saturated heterocycles. The first-order valence-corrected chi connectivity index (χ1v) is 5.64. The molecule has 6 nitrogen and oxygen atoms in total. The van der Waals surface area contributed by atoms with Gasteiger partial charge in [-0.05, 0) is 12.5 Å². The molecule has 0 aromatic carbocycles. The summed E-state index contributed by atoms with van der Waals surface area (Å²) < 4.78 is 4.74. The van der Waals surface area contributed by atoms with Gasteiger partial charge < -0.3 is 9.73 Å². The SMILES string of the molecule is CCCC(Cl)CNC(=O)c1ccc([N+](=O)[O-])o1. The van der Waals surface area contributed by atoms with E-state index in [0.29, 0.717) is 6.54 Å². The second-order valence-electron chi connectivity index (χ2n) is 3.49. The number of carbonyl (C=O) groups excluding carboxylic acids is 1. The number of rotatable bonds is 6. The van der Waals surface area contributed by atoms with Crippen molar-refractivity contribution in [2.75, 3.05) is 6.54 Å². The van der Waals surface area contributed by atoms with Crippen molar-refractivity contribution in [3.63, 3.8) is 0 Å². The first kappa shape index (κ1) is 13.5. The van der Waals surface area contributed by atoms with Gasteiger partial charge in [0.1, 0.15) is 4.92 Å². The van der Waals surface area contributed by atoms with Crippen molar-refractivity contribution in [3.8, 4) is 0 Å². The van der Waals surface area contributed by atoms with E-state index in [-0.39, 0.29) is 11.1 Å². The van der Waals surface area contributed by atoms with E-state index in [0.717, 1.165) is 18.9 Å². The van der Waals surface area contributed by atoms with Crippen LogP contribution in [-0.2, 0) is 0 Å². The van der Waals surface area contributed by atoms with Crippen LogP contribution in [0.5, 0.6) is 0 Å². The van der Waals surface area contributed by atoms with E-state index in [4.69, 9.17) is 16.0 Å². The lowest BCUT2D eigenvalue weighted by Gasteiger charge is -2.08. The van der Waals surface area contributed by atoms with Crippen molar-refractivity contribution >= 4 is 23.4 Å². The highest BCUT2D eigenvalue weighted by atomic mass is 35.5. The zero-order valence-electron chi connectivity index (χ0n) is 9.31. The van der Waals surface area contributed by atoms with Crippen LogP contribution >= 0.6 is 11.6 Å². The molecule has 1 heterocycles. The molecule has 7 heteroatoms. The summed E-state index contributed by atoms with van der Waals surface area (Å²) in [6.07, 6.45) is 1.72. The number of nitrogens with zero attached hydrogens (tertiary/aromatic N) is 1. The Morgan fingerprint density at radius 1 is 1.65 bits per heavy atom. The quantitative estimate of drug-likeness (QED) is 0.483. The van der Waals surface area contributed by atoms with Gasteiger partial charge in [0.2, 0.25) is 0 Å². The van der Waals surface area contributed by atoms with Gasteiger partial charge in [-0.15, -0.1) is 11.6 Å². The van der Waals surface area contributed by atoms with Gasteiger partial charge in [-0.2, -0.15) is 0 Å². The molecule has 0 saturated carbocycles. The molecule has 0 radical (unpaired) electrons. The van der Waals surface area contributed by atoms with Crippen LogP contribution < -0.4 is 5.32 Å². The first-order chi connectivity index (χ1) is 8.04. The predicted octanol–water partition coefficient (Wildman–Crippen LogP) is 2.33. The molecule has 17 heavy (non-hydrogen) atoms. The lowest BCUT2D eigenvalue weighted by molar-refractivity contribution is -0.402. The van der Waals surface area contributed by atoms with E-state index in [1.807, 2.05) is 6.92 Å². The highest BCUT2D eigenvalue weighted by Crippen LogP contribution is 2.15. The minimum atomic E-state index is -0.696. The molecule has 0 aliphatic carbocycles. The van der Waals surface area contributed by atoms with Crippen LogP contribution in [-0.4, -0.2) is 22.8 Å². The lowest BCUT2D eigenvalue weighted by atomic mass is 10.2. The number of alkyl halides is 1. The van der Waals surface area contributed by atoms with Crippen LogP contribution in [0.4, 0.5) is 5.88 Å². The number of nitro groups is 1. The second-order valence-corrected chi connectivity index (χ2v) is 4.11. The van der Waals surface area contributed by atoms with Crippen LogP contribution in [0.15, 0.2) is 16.5 Å². The fraction of sp³-hybridized carbons (Fsp3) is 0.500. The van der Waals surface area contributed by atoms with E-state index in [2.05, 4.69) is 5.32 Å². The summed E-state index contributed by atoms with van der Waals surface area (Å²) in [5.41, 5.74) is 0. The Kier molecular flexibility index (Phi) is 4.96. The van der Waals surface area contributed by atoms with Crippen molar-refractivity contribution in [2.24, 2.45) is 0 Å². The smallest absolute Gasteiger partial charge is 0.395 e. The lowest BCUT2D eigenvalue weighted by Crippen LogP contribution is -2.29. The van der Waals surface area contributed by atoms with E-state index >= 15 is 0 Å². The highest BCUT2D eigenvalue weighted by Gasteiger charge is 2.17. The third-order valence-corrected chi connectivity index (χ3v) is 2.45. The van der Waals surface area contributed by atoms with Crippen molar-refractivity contribution in [3.05, 3.63) is 28.0 Å². The van der Waals surface area contributed by atoms with Gasteiger partial charge in [0.15, 0.2) is 5.76 Å². The zero-order chi connectivity index (χ0) is 12.8. The summed E-state index contributed by atoms with van der Waals surface area (Å²) in [5, 5.41) is 12.8. The van der Waals surface area contributed by atoms with Crippen LogP contribution in [0.3, 0.4) is 0 Å². The third kappa shape index (κ3) is 4.07. The minimum absolute atomic E-state index is 0.0861. The van der Waals surface area contributed by atoms with Crippen molar-refractivity contribution < 1.29 is 14.1 Å². The van der Waals surface area contributed by atoms with Crippen LogP contribution in [0.25, 0.3) is 0 Å². The molecule has 1 amide bonds. The molecule has 0 bridgehead atoms. The Hall–Kier alpha value is -1.56. The molecule has 1 aromatic heterocycles. The summed E-state index contributed by atoms with van der Waals surface area (Å²) in [4.78, 5) is 21.2. The Balaban J connectivity index is 2.49. The molecule has 0 spiro atoms. The molecule has 1 N–H and O–H groups in total. The molecule has 0 fully saturated rings. The second kappa shape index (κ2) is 6.24. The van der Waals surface area contributed by atoms with Gasteiger partial charge >= 0.3 is 5.88 Å². The summed E-state index contributed by atoms with van der Waals surface area (Å²) in [6, 6.07) is 2.40. The standard InChI is InChI=1S/C10H13ClN2O4/c1-2-3-7(11)6-12-10(14)8-4-5-9(17-8)13(15)16/h4-5,7H,2-3,6H2,1H3,(H,12,14). The van der Waals surface area contributed by atoms with Gasteiger partial charge in [0.05, 0.1) is 11.4 Å². The zero-order valence-corrected chi connectivity index (χ0v) is 10.1. The van der Waals surface area contributed by atoms with Gasteiger partial charge in [-0.1, -0.05) is 13.3 Å². The van der Waals surface area contributed by atoms with Gasteiger partial charge in [-0.25, -0.2) is 0 Å². The summed E-state index contributed by atoms with van der Waals surface area (Å²) in [5.74, 6) is -1.04. The maximum absolute atomic E-state index is 11.5. The monoisotopic (exact) mass is 260 g/mol. The van der Waals surface area contributed by atoms with E-state index < -0.39 is 16.7 Å². The fourth-order valence-corrected chi connectivity index (χ4v) is 1.55. The van der Waals surface area contributed by atoms with Crippen molar-refractivity contribution in [1.82, 2.24) is 5.32 Å². The molecule has 0 aliphatic heterocycles. The van der Waals surface area contributed by atoms with E-state index in [1.54, 1.807) is 0 Å². The van der Waals surface area contributed by atoms with E-state index in [1.165, 1.54) is 6.07 Å². The van der Waals surface area contributed by atoms with Crippen LogP contribution in [0, 0.1) is 10.1 Å². The summed E-state index contributed by atoms with van der Waals surface area (Å²) in [7, 11) is 0. The maximum atomic E-state index is 11.5. The average Bonchev–Trinajstić information content (AvgIpc) is 2.75. The average molecular weight is 261 g/mol. The Morgan fingerprint density at radius 2 is 2.35 bits per heavy atom.